The van der Waals surface area contributed by atoms with Crippen molar-refractivity contribution in [2.75, 3.05) is 25.5 Å². The molecule has 0 amide bonds. The fourth-order valence-electron chi connectivity index (χ4n) is 4.55. The maximum Gasteiger partial charge on any atom is 0.244 e. The van der Waals surface area contributed by atoms with E-state index in [-0.39, 0.29) is 12.1 Å². The molecule has 0 aliphatic carbocycles. The number of piperidine rings is 1. The topological polar surface area (TPSA) is 83.6 Å². The van der Waals surface area contributed by atoms with Crippen molar-refractivity contribution in [2.24, 2.45) is 5.92 Å². The van der Waals surface area contributed by atoms with E-state index in [9.17, 15) is 8.42 Å². The van der Waals surface area contributed by atoms with Gasteiger partial charge in [0, 0.05) is 11.9 Å². The van der Waals surface area contributed by atoms with Crippen LogP contribution in [0.25, 0.3) is 10.9 Å². The summed E-state index contributed by atoms with van der Waals surface area (Å²) in [4.78, 5) is 7.52. The molecule has 2 aliphatic heterocycles. The van der Waals surface area contributed by atoms with Gasteiger partial charge in [0.25, 0.3) is 0 Å². The van der Waals surface area contributed by atoms with E-state index in [0.29, 0.717) is 10.6 Å². The number of hydrogen-bond donors (Lipinski definition) is 2. The zero-order valence-corrected chi connectivity index (χ0v) is 18.2. The molecule has 0 spiro atoms. The predicted molar refractivity (Wildman–Crippen MR) is 120 cm³/mol. The molecule has 1 fully saturated rings. The van der Waals surface area contributed by atoms with Crippen molar-refractivity contribution >= 4 is 26.6 Å². The molecule has 162 valence electrons. The van der Waals surface area contributed by atoms with Crippen molar-refractivity contribution in [1.82, 2.24) is 14.6 Å². The van der Waals surface area contributed by atoms with Crippen molar-refractivity contribution < 1.29 is 13.2 Å². The molecule has 0 unspecified atom stereocenters. The second-order valence-electron chi connectivity index (χ2n) is 8.19. The summed E-state index contributed by atoms with van der Waals surface area (Å²) in [5.41, 5.74) is 2.58. The Labute approximate surface area is 182 Å². The van der Waals surface area contributed by atoms with Crippen LogP contribution in [-0.4, -0.2) is 44.7 Å². The minimum Gasteiger partial charge on any atom is -0.494 e. The van der Waals surface area contributed by atoms with Gasteiger partial charge in [0.1, 0.15) is 16.2 Å². The Balaban J connectivity index is 1.25. The first-order chi connectivity index (χ1) is 15.0. The van der Waals surface area contributed by atoms with Crippen LogP contribution in [-0.2, 0) is 16.6 Å². The minimum absolute atomic E-state index is 0.240. The van der Waals surface area contributed by atoms with Gasteiger partial charge in [0.15, 0.2) is 0 Å². The number of sulfonamides is 1. The number of benzene rings is 2. The van der Waals surface area contributed by atoms with E-state index in [0.717, 1.165) is 54.8 Å². The van der Waals surface area contributed by atoms with Gasteiger partial charge in [-0.05, 0) is 56.1 Å². The molecule has 1 atom stereocenters. The fourth-order valence-corrected chi connectivity index (χ4v) is 5.94. The van der Waals surface area contributed by atoms with Crippen LogP contribution in [0.15, 0.2) is 59.5 Å². The highest BCUT2D eigenvalue weighted by Gasteiger charge is 2.35. The summed E-state index contributed by atoms with van der Waals surface area (Å²) in [5, 5.41) is 4.45. The van der Waals surface area contributed by atoms with Crippen LogP contribution in [0.4, 0.5) is 5.69 Å². The zero-order chi connectivity index (χ0) is 21.4. The van der Waals surface area contributed by atoms with E-state index in [2.05, 4.69) is 27.1 Å². The Bertz CT molecular complexity index is 1210. The Hall–Kier alpha value is -2.68. The third kappa shape index (κ3) is 3.98. The SMILES string of the molecule is COc1cccc2ccc(CN3CCC([C@H]4Nc5ccccc5S(=O)(=O)N4)CC3)nc12. The van der Waals surface area contributed by atoms with E-state index in [1.165, 1.54) is 0 Å². The average Bonchev–Trinajstić information content (AvgIpc) is 2.79. The summed E-state index contributed by atoms with van der Waals surface area (Å²) in [5.74, 6) is 1.03. The van der Waals surface area contributed by atoms with Gasteiger partial charge in [-0.1, -0.05) is 30.3 Å². The molecule has 3 heterocycles. The van der Waals surface area contributed by atoms with Crippen molar-refractivity contribution in [3.05, 3.63) is 60.3 Å². The number of likely N-dealkylation sites (tertiary alicyclic amines) is 1. The Morgan fingerprint density at radius 3 is 2.68 bits per heavy atom. The van der Waals surface area contributed by atoms with Gasteiger partial charge in [-0.2, -0.15) is 4.72 Å². The molecule has 0 saturated carbocycles. The number of methoxy groups -OCH3 is 1. The van der Waals surface area contributed by atoms with Crippen molar-refractivity contribution in [2.45, 2.75) is 30.4 Å². The summed E-state index contributed by atoms with van der Waals surface area (Å²) in [6.45, 7) is 2.57. The first-order valence-electron chi connectivity index (χ1n) is 10.6. The molecule has 1 saturated heterocycles. The number of anilines is 1. The number of para-hydroxylation sites is 2. The van der Waals surface area contributed by atoms with Gasteiger partial charge in [0.2, 0.25) is 10.0 Å². The lowest BCUT2D eigenvalue weighted by atomic mass is 9.93. The molecule has 7 nitrogen and oxygen atoms in total. The summed E-state index contributed by atoms with van der Waals surface area (Å²) in [7, 11) is -1.81. The van der Waals surface area contributed by atoms with Crippen molar-refractivity contribution in [3.8, 4) is 5.75 Å². The Kier molecular flexibility index (Phi) is 5.29. The first-order valence-corrected chi connectivity index (χ1v) is 12.0. The van der Waals surface area contributed by atoms with E-state index >= 15 is 0 Å². The molecule has 2 aromatic carbocycles. The maximum absolute atomic E-state index is 12.6. The van der Waals surface area contributed by atoms with Crippen LogP contribution in [0.3, 0.4) is 0 Å². The Morgan fingerprint density at radius 1 is 1.06 bits per heavy atom. The van der Waals surface area contributed by atoms with E-state index in [1.54, 1.807) is 19.2 Å². The highest BCUT2D eigenvalue weighted by Crippen LogP contribution is 2.31. The molecule has 2 aliphatic rings. The van der Waals surface area contributed by atoms with Gasteiger partial charge < -0.3 is 10.1 Å². The van der Waals surface area contributed by atoms with Gasteiger partial charge in [0.05, 0.1) is 24.7 Å². The van der Waals surface area contributed by atoms with Crippen molar-refractivity contribution in [3.63, 3.8) is 0 Å². The molecule has 0 radical (unpaired) electrons. The van der Waals surface area contributed by atoms with Crippen LogP contribution in [0.5, 0.6) is 5.75 Å². The van der Waals surface area contributed by atoms with Gasteiger partial charge in [-0.15, -0.1) is 0 Å². The molecule has 8 heteroatoms. The number of aromatic nitrogens is 1. The monoisotopic (exact) mass is 438 g/mol. The molecule has 0 bridgehead atoms. The highest BCUT2D eigenvalue weighted by atomic mass is 32.2. The van der Waals surface area contributed by atoms with Crippen LogP contribution in [0.2, 0.25) is 0 Å². The number of nitrogens with one attached hydrogen (secondary N) is 2. The third-order valence-corrected chi connectivity index (χ3v) is 7.72. The summed E-state index contributed by atoms with van der Waals surface area (Å²) in [6.07, 6.45) is 1.56. The molecule has 31 heavy (non-hydrogen) atoms. The molecule has 3 aromatic rings. The number of nitrogens with zero attached hydrogens (tertiary/aromatic N) is 2. The number of fused-ring (bicyclic) bond motifs is 2. The molecule has 1 aromatic heterocycles. The molecular weight excluding hydrogens is 412 g/mol. The third-order valence-electron chi connectivity index (χ3n) is 6.22. The predicted octanol–water partition coefficient (Wildman–Crippen LogP) is 3.19. The second kappa shape index (κ2) is 8.11. The second-order valence-corrected chi connectivity index (χ2v) is 9.87. The first kappa shape index (κ1) is 20.2. The molecule has 5 rings (SSSR count). The van der Waals surface area contributed by atoms with Gasteiger partial charge in [-0.3, -0.25) is 4.90 Å². The van der Waals surface area contributed by atoms with Gasteiger partial charge in [-0.25, -0.2) is 13.4 Å². The molecular formula is C23H26N4O3S. The lowest BCUT2D eigenvalue weighted by molar-refractivity contribution is 0.162. The number of hydrogen-bond acceptors (Lipinski definition) is 6. The van der Waals surface area contributed by atoms with E-state index < -0.39 is 10.0 Å². The van der Waals surface area contributed by atoms with Crippen LogP contribution < -0.4 is 14.8 Å². The summed E-state index contributed by atoms with van der Waals surface area (Å²) in [6, 6.07) is 17.2. The lowest BCUT2D eigenvalue weighted by Crippen LogP contribution is -2.51. The number of pyridine rings is 1. The average molecular weight is 439 g/mol. The standard InChI is InChI=1S/C23H26N4O3S/c1-30-20-7-4-5-16-9-10-18(24-22(16)20)15-27-13-11-17(12-14-27)23-25-19-6-2-3-8-21(19)31(28,29)26-23/h2-10,17,23,25-26H,11-15H2,1H3/t23-/m0/s1. The van der Waals surface area contributed by atoms with Crippen LogP contribution in [0, 0.1) is 5.92 Å². The van der Waals surface area contributed by atoms with E-state index in [1.807, 2.05) is 30.3 Å². The molecule has 2 N–H and O–H groups in total. The van der Waals surface area contributed by atoms with Crippen LogP contribution in [0.1, 0.15) is 18.5 Å². The largest absolute Gasteiger partial charge is 0.494 e. The normalized spacial score (nSPS) is 21.4. The lowest BCUT2D eigenvalue weighted by Gasteiger charge is -2.38. The fraction of sp³-hybridized carbons (Fsp3) is 0.348. The minimum atomic E-state index is -3.48. The Morgan fingerprint density at radius 2 is 1.87 bits per heavy atom. The highest BCUT2D eigenvalue weighted by molar-refractivity contribution is 7.89. The van der Waals surface area contributed by atoms with E-state index in [4.69, 9.17) is 9.72 Å². The van der Waals surface area contributed by atoms with Gasteiger partial charge >= 0.3 is 0 Å². The number of ether oxygens (including phenoxy) is 1. The smallest absolute Gasteiger partial charge is 0.244 e. The summed E-state index contributed by atoms with van der Waals surface area (Å²) < 4.78 is 33.5. The summed E-state index contributed by atoms with van der Waals surface area (Å²) >= 11 is 0. The number of rotatable bonds is 4. The van der Waals surface area contributed by atoms with Crippen molar-refractivity contribution in [1.29, 1.82) is 0 Å². The zero-order valence-electron chi connectivity index (χ0n) is 17.4. The quantitative estimate of drug-likeness (QED) is 0.651. The van der Waals surface area contributed by atoms with Crippen LogP contribution >= 0.6 is 0 Å². The maximum atomic E-state index is 12.6.